The summed E-state index contributed by atoms with van der Waals surface area (Å²) >= 11 is 0. The molecule has 0 saturated carbocycles. The zero-order valence-electron chi connectivity index (χ0n) is 22.8. The Balaban J connectivity index is 1.75. The van der Waals surface area contributed by atoms with E-state index in [2.05, 4.69) is 9.97 Å². The van der Waals surface area contributed by atoms with Crippen molar-refractivity contribution in [3.05, 3.63) is 93.6 Å². The normalized spacial score (nSPS) is 16.8. The van der Waals surface area contributed by atoms with E-state index in [1.165, 1.54) is 23.1 Å². The molecule has 0 bridgehead atoms. The molecule has 9 heteroatoms. The number of aryl methyl sites for hydroxylation is 2. The number of nitrogens with one attached hydrogen (secondary N) is 1. The maximum atomic E-state index is 13.6. The lowest BCUT2D eigenvalue weighted by Crippen LogP contribution is -2.30. The van der Waals surface area contributed by atoms with Crippen molar-refractivity contribution in [2.45, 2.75) is 39.7 Å². The van der Waals surface area contributed by atoms with Gasteiger partial charge in [-0.2, -0.15) is 0 Å². The number of rotatable bonds is 6. The van der Waals surface area contributed by atoms with Crippen molar-refractivity contribution in [3.63, 3.8) is 0 Å². The van der Waals surface area contributed by atoms with Gasteiger partial charge < -0.3 is 19.9 Å². The maximum absolute atomic E-state index is 13.6. The van der Waals surface area contributed by atoms with Gasteiger partial charge in [0.25, 0.3) is 5.78 Å². The van der Waals surface area contributed by atoms with Crippen LogP contribution in [0.2, 0.25) is 0 Å². The van der Waals surface area contributed by atoms with Crippen LogP contribution in [0.15, 0.2) is 60.2 Å². The Morgan fingerprint density at radius 1 is 1.05 bits per heavy atom. The first-order chi connectivity index (χ1) is 19.0. The van der Waals surface area contributed by atoms with Crippen molar-refractivity contribution in [1.29, 1.82) is 0 Å². The van der Waals surface area contributed by atoms with Crippen molar-refractivity contribution in [1.82, 2.24) is 9.97 Å². The molecule has 4 aromatic rings. The number of carboxylic acids is 1. The van der Waals surface area contributed by atoms with Crippen molar-refractivity contribution < 1.29 is 29.3 Å². The predicted molar refractivity (Wildman–Crippen MR) is 151 cm³/mol. The third-order valence-electron chi connectivity index (χ3n) is 7.20. The van der Waals surface area contributed by atoms with Crippen LogP contribution in [-0.2, 0) is 9.59 Å². The number of hydrogen-bond acceptors (Lipinski definition) is 6. The van der Waals surface area contributed by atoms with E-state index in [-0.39, 0.29) is 28.8 Å². The summed E-state index contributed by atoms with van der Waals surface area (Å²) in [6, 6.07) is 14.3. The van der Waals surface area contributed by atoms with Crippen LogP contribution in [0, 0.1) is 13.8 Å². The SMILES string of the molecule is COc1cc(C)c(/C(O)=C2\C(=O)C(=O)N(c3nc4ccc(C(=O)O)cc4[nH]3)C2c2cccc(C)c2)cc1C(C)C. The van der Waals surface area contributed by atoms with Gasteiger partial charge in [0.1, 0.15) is 11.5 Å². The van der Waals surface area contributed by atoms with E-state index in [4.69, 9.17) is 4.74 Å². The van der Waals surface area contributed by atoms with E-state index in [1.807, 2.05) is 39.0 Å². The van der Waals surface area contributed by atoms with Gasteiger partial charge in [0.2, 0.25) is 5.95 Å². The lowest BCUT2D eigenvalue weighted by Gasteiger charge is -2.24. The van der Waals surface area contributed by atoms with Gasteiger partial charge in [0, 0.05) is 5.56 Å². The van der Waals surface area contributed by atoms with E-state index < -0.39 is 23.7 Å². The molecule has 0 aliphatic carbocycles. The fourth-order valence-electron chi connectivity index (χ4n) is 5.18. The third-order valence-corrected chi connectivity index (χ3v) is 7.20. The number of amides is 1. The van der Waals surface area contributed by atoms with Gasteiger partial charge in [-0.05, 0) is 66.8 Å². The number of imidazole rings is 1. The summed E-state index contributed by atoms with van der Waals surface area (Å²) in [7, 11) is 1.58. The van der Waals surface area contributed by atoms with Crippen LogP contribution in [-0.4, -0.2) is 45.0 Å². The summed E-state index contributed by atoms with van der Waals surface area (Å²) in [5.74, 6) is -2.30. The summed E-state index contributed by atoms with van der Waals surface area (Å²) < 4.78 is 5.54. The Morgan fingerprint density at radius 3 is 2.45 bits per heavy atom. The minimum atomic E-state index is -1.10. The second-order valence-electron chi connectivity index (χ2n) is 10.2. The number of Topliss-reactive ketones (excluding diaryl/α,β-unsaturated/α-hetero) is 1. The molecule has 0 radical (unpaired) electrons. The molecular weight excluding hydrogens is 510 g/mol. The Hall–Kier alpha value is -4.92. The molecule has 1 saturated heterocycles. The first-order valence-electron chi connectivity index (χ1n) is 12.8. The number of hydrogen-bond donors (Lipinski definition) is 3. The van der Waals surface area contributed by atoms with Crippen LogP contribution in [0.25, 0.3) is 16.8 Å². The number of H-pyrrole nitrogens is 1. The van der Waals surface area contributed by atoms with Gasteiger partial charge in [0.05, 0.1) is 35.3 Å². The number of nitrogens with zero attached hydrogens (tertiary/aromatic N) is 2. The zero-order chi connectivity index (χ0) is 28.9. The van der Waals surface area contributed by atoms with Crippen LogP contribution in [0.3, 0.4) is 0 Å². The number of methoxy groups -OCH3 is 1. The number of benzene rings is 3. The van der Waals surface area contributed by atoms with Crippen LogP contribution >= 0.6 is 0 Å². The molecule has 1 aromatic heterocycles. The maximum Gasteiger partial charge on any atom is 0.335 e. The number of aromatic nitrogens is 2. The summed E-state index contributed by atoms with van der Waals surface area (Å²) in [5, 5.41) is 21.1. The minimum absolute atomic E-state index is 0.0518. The van der Waals surface area contributed by atoms with E-state index >= 15 is 0 Å². The van der Waals surface area contributed by atoms with Gasteiger partial charge in [-0.15, -0.1) is 0 Å². The van der Waals surface area contributed by atoms with Crippen LogP contribution in [0.4, 0.5) is 5.95 Å². The van der Waals surface area contributed by atoms with E-state index in [9.17, 15) is 24.6 Å². The minimum Gasteiger partial charge on any atom is -0.507 e. The second-order valence-corrected chi connectivity index (χ2v) is 10.2. The van der Waals surface area contributed by atoms with Gasteiger partial charge in [-0.25, -0.2) is 9.78 Å². The molecule has 1 atom stereocenters. The fourth-order valence-corrected chi connectivity index (χ4v) is 5.18. The average Bonchev–Trinajstić information content (AvgIpc) is 3.45. The Bertz CT molecular complexity index is 1730. The van der Waals surface area contributed by atoms with E-state index in [1.54, 1.807) is 32.2 Å². The highest BCUT2D eigenvalue weighted by Crippen LogP contribution is 2.43. The number of carboxylic acid groups (broad SMARTS) is 1. The first kappa shape index (κ1) is 26.7. The Morgan fingerprint density at radius 2 is 1.80 bits per heavy atom. The molecule has 204 valence electrons. The lowest BCUT2D eigenvalue weighted by molar-refractivity contribution is -0.132. The van der Waals surface area contributed by atoms with Gasteiger partial charge >= 0.3 is 11.9 Å². The Labute approximate surface area is 230 Å². The van der Waals surface area contributed by atoms with Crippen LogP contribution < -0.4 is 9.64 Å². The quantitative estimate of drug-likeness (QED) is 0.164. The molecule has 40 heavy (non-hydrogen) atoms. The molecule has 0 spiro atoms. The number of anilines is 1. The summed E-state index contributed by atoms with van der Waals surface area (Å²) in [6.07, 6.45) is 0. The van der Waals surface area contributed by atoms with Crippen molar-refractivity contribution in [2.24, 2.45) is 0 Å². The molecule has 2 heterocycles. The number of ketones is 1. The molecule has 3 aromatic carbocycles. The molecule has 3 N–H and O–H groups in total. The van der Waals surface area contributed by atoms with Gasteiger partial charge in [0.15, 0.2) is 0 Å². The lowest BCUT2D eigenvalue weighted by atomic mass is 9.90. The smallest absolute Gasteiger partial charge is 0.335 e. The number of carbonyl (C=O) groups excluding carboxylic acids is 2. The van der Waals surface area contributed by atoms with Gasteiger partial charge in [-0.1, -0.05) is 43.7 Å². The van der Waals surface area contributed by atoms with Crippen LogP contribution in [0.5, 0.6) is 5.75 Å². The number of carbonyl (C=O) groups is 3. The third kappa shape index (κ3) is 4.39. The monoisotopic (exact) mass is 539 g/mol. The van der Waals surface area contributed by atoms with E-state index in [0.717, 1.165) is 11.1 Å². The van der Waals surface area contributed by atoms with E-state index in [0.29, 0.717) is 33.5 Å². The highest BCUT2D eigenvalue weighted by atomic mass is 16.5. The summed E-state index contributed by atoms with van der Waals surface area (Å²) in [6.45, 7) is 7.70. The van der Waals surface area contributed by atoms with Crippen molar-refractivity contribution in [3.8, 4) is 5.75 Å². The van der Waals surface area contributed by atoms with Crippen LogP contribution in [0.1, 0.15) is 64.0 Å². The fraction of sp³-hybridized carbons (Fsp3) is 0.226. The second kappa shape index (κ2) is 10.00. The summed E-state index contributed by atoms with van der Waals surface area (Å²) in [5.41, 5.74) is 4.28. The largest absolute Gasteiger partial charge is 0.507 e. The summed E-state index contributed by atoms with van der Waals surface area (Å²) in [4.78, 5) is 47.4. The number of ether oxygens (including phenoxy) is 1. The van der Waals surface area contributed by atoms with Gasteiger partial charge in [-0.3, -0.25) is 14.5 Å². The molecule has 9 nitrogen and oxygen atoms in total. The highest BCUT2D eigenvalue weighted by Gasteiger charge is 2.48. The number of aliphatic hydroxyl groups is 1. The topological polar surface area (TPSA) is 133 Å². The molecule has 1 aliphatic heterocycles. The molecular formula is C31H29N3O6. The molecule has 5 rings (SSSR count). The number of aromatic carboxylic acids is 1. The first-order valence-corrected chi connectivity index (χ1v) is 12.8. The number of aliphatic hydroxyl groups excluding tert-OH is 1. The molecule has 1 aliphatic rings. The molecule has 1 amide bonds. The highest BCUT2D eigenvalue weighted by molar-refractivity contribution is 6.51. The average molecular weight is 540 g/mol. The van der Waals surface area contributed by atoms with Crippen molar-refractivity contribution in [2.75, 3.05) is 12.0 Å². The standard InChI is InChI=1S/C31H29N3O6/c1-15(2)20-14-21(17(4)12-24(20)40-5)27(35)25-26(18-8-6-7-16(3)11-18)34(29(37)28(25)36)31-32-22-10-9-19(30(38)39)13-23(22)33-31/h6-15,26,35H,1-5H3,(H,32,33)(H,38,39)/b27-25+. The zero-order valence-corrected chi connectivity index (χ0v) is 22.8. The molecule has 1 fully saturated rings. The van der Waals surface area contributed by atoms with Crippen molar-refractivity contribution >= 4 is 40.4 Å². The Kier molecular flexibility index (Phi) is 6.67. The molecule has 1 unspecified atom stereocenters. The predicted octanol–water partition coefficient (Wildman–Crippen LogP) is 5.64. The number of aromatic amines is 1. The number of fused-ring (bicyclic) bond motifs is 1.